The Morgan fingerprint density at radius 1 is 1.03 bits per heavy atom. The molecule has 5 heterocycles. The lowest BCUT2D eigenvalue weighted by Crippen LogP contribution is -2.48. The van der Waals surface area contributed by atoms with E-state index in [0.29, 0.717) is 11.8 Å². The molecule has 2 saturated heterocycles. The minimum Gasteiger partial charge on any atom is -0.354 e. The normalized spacial score (nSPS) is 19.2. The Morgan fingerprint density at radius 3 is 2.70 bits per heavy atom. The van der Waals surface area contributed by atoms with E-state index in [1.165, 1.54) is 78.6 Å². The zero-order chi connectivity index (χ0) is 22.4. The average Bonchev–Trinajstić information content (AvgIpc) is 3.48. The molecule has 3 aromatic heterocycles. The van der Waals surface area contributed by atoms with Crippen LogP contribution in [0.4, 0.5) is 0 Å². The first-order valence-electron chi connectivity index (χ1n) is 12.6. The topological polar surface area (TPSA) is 39.6 Å². The van der Waals surface area contributed by atoms with Crippen LogP contribution in [0.5, 0.6) is 0 Å². The zero-order valence-corrected chi connectivity index (χ0v) is 19.8. The van der Waals surface area contributed by atoms with Crippen molar-refractivity contribution in [2.45, 2.75) is 51.4 Å². The van der Waals surface area contributed by atoms with Gasteiger partial charge in [-0.05, 0) is 79.3 Å². The Labute approximate surface area is 196 Å². The van der Waals surface area contributed by atoms with Gasteiger partial charge in [-0.3, -0.25) is 0 Å². The van der Waals surface area contributed by atoms with Crippen molar-refractivity contribution in [1.82, 2.24) is 24.4 Å². The molecule has 4 aromatic rings. The maximum atomic E-state index is 4.40. The molecule has 2 aliphatic rings. The summed E-state index contributed by atoms with van der Waals surface area (Å²) in [6.45, 7) is 9.33. The second-order valence-corrected chi connectivity index (χ2v) is 10.1. The molecule has 0 bridgehead atoms. The third-order valence-electron chi connectivity index (χ3n) is 7.62. The van der Waals surface area contributed by atoms with E-state index < -0.39 is 0 Å². The van der Waals surface area contributed by atoms with Crippen LogP contribution in [0.25, 0.3) is 27.8 Å². The summed E-state index contributed by atoms with van der Waals surface area (Å²) in [5.41, 5.74) is 7.61. The minimum absolute atomic E-state index is 0.444. The lowest BCUT2D eigenvalue weighted by molar-refractivity contribution is -0.0449. The number of imidazole rings is 1. The van der Waals surface area contributed by atoms with Crippen molar-refractivity contribution in [2.75, 3.05) is 26.2 Å². The van der Waals surface area contributed by atoms with Gasteiger partial charge in [-0.25, -0.2) is 15.0 Å². The van der Waals surface area contributed by atoms with E-state index >= 15 is 0 Å². The third-order valence-corrected chi connectivity index (χ3v) is 7.62. The van der Waals surface area contributed by atoms with E-state index in [9.17, 15) is 0 Å². The quantitative estimate of drug-likeness (QED) is 0.423. The van der Waals surface area contributed by atoms with Gasteiger partial charge in [0.2, 0.25) is 0 Å². The molecule has 0 atom stereocenters. The van der Waals surface area contributed by atoms with Crippen LogP contribution in [0.1, 0.15) is 62.5 Å². The first-order chi connectivity index (χ1) is 16.2. The molecular formula is C28H34N5. The van der Waals surface area contributed by atoms with E-state index in [4.69, 9.17) is 0 Å². The van der Waals surface area contributed by atoms with Gasteiger partial charge >= 0.3 is 0 Å². The van der Waals surface area contributed by atoms with Gasteiger partial charge in [0.15, 0.2) is 0 Å². The zero-order valence-electron chi connectivity index (χ0n) is 19.8. The van der Waals surface area contributed by atoms with Crippen molar-refractivity contribution in [3.63, 3.8) is 0 Å². The van der Waals surface area contributed by atoms with Crippen LogP contribution < -0.4 is 0 Å². The van der Waals surface area contributed by atoms with Gasteiger partial charge in [0.05, 0.1) is 5.69 Å². The van der Waals surface area contributed by atoms with E-state index in [0.717, 1.165) is 12.2 Å². The maximum Gasteiger partial charge on any atom is 0.136 e. The highest BCUT2D eigenvalue weighted by molar-refractivity contribution is 5.92. The van der Waals surface area contributed by atoms with E-state index in [1.54, 1.807) is 0 Å². The monoisotopic (exact) mass is 440 g/mol. The van der Waals surface area contributed by atoms with Crippen LogP contribution in [0.2, 0.25) is 0 Å². The van der Waals surface area contributed by atoms with Crippen LogP contribution in [0.3, 0.4) is 0 Å². The van der Waals surface area contributed by atoms with Crippen molar-refractivity contribution in [3.8, 4) is 11.3 Å². The van der Waals surface area contributed by atoms with E-state index in [-0.39, 0.29) is 0 Å². The standard InChI is InChI=1S/C28H34N5/c1-20(2)27-24-18-22(21-10-15-33(16-11-21)32-13-4-3-5-14-32)6-8-25(24)30-28(27)23-7-9-26-29-12-17-31(26)19-23/h4,6-9,12,17-21,30H,3,5,10-11,13-16H2,1-2H3. The molecule has 5 nitrogen and oxygen atoms in total. The molecule has 6 rings (SSSR count). The molecule has 0 unspecified atom stereocenters. The fourth-order valence-corrected chi connectivity index (χ4v) is 5.87. The molecule has 0 spiro atoms. The Morgan fingerprint density at radius 2 is 1.91 bits per heavy atom. The van der Waals surface area contributed by atoms with Crippen molar-refractivity contribution in [3.05, 3.63) is 66.5 Å². The number of rotatable bonds is 4. The van der Waals surface area contributed by atoms with Crippen LogP contribution in [-0.4, -0.2) is 50.6 Å². The van der Waals surface area contributed by atoms with Crippen LogP contribution in [0, 0.1) is 6.42 Å². The molecular weight excluding hydrogens is 406 g/mol. The highest BCUT2D eigenvalue weighted by Gasteiger charge is 2.26. The predicted molar refractivity (Wildman–Crippen MR) is 135 cm³/mol. The molecule has 1 N–H and O–H groups in total. The first-order valence-corrected chi connectivity index (χ1v) is 12.6. The number of pyridine rings is 1. The summed E-state index contributed by atoms with van der Waals surface area (Å²) in [7, 11) is 0. The molecule has 0 aliphatic carbocycles. The molecule has 1 radical (unpaired) electrons. The summed E-state index contributed by atoms with van der Waals surface area (Å²) in [6, 6.07) is 11.4. The second kappa shape index (κ2) is 8.62. The number of benzene rings is 1. The summed E-state index contributed by atoms with van der Waals surface area (Å²) in [5, 5.41) is 6.55. The van der Waals surface area contributed by atoms with Crippen LogP contribution >= 0.6 is 0 Å². The fourth-order valence-electron chi connectivity index (χ4n) is 5.87. The van der Waals surface area contributed by atoms with Crippen molar-refractivity contribution in [1.29, 1.82) is 0 Å². The molecule has 33 heavy (non-hydrogen) atoms. The number of nitrogens with one attached hydrogen (secondary N) is 1. The fraction of sp³-hybridized carbons (Fsp3) is 0.429. The number of hydrogen-bond donors (Lipinski definition) is 1. The molecule has 2 fully saturated rings. The number of hydrogen-bond acceptors (Lipinski definition) is 3. The molecule has 171 valence electrons. The van der Waals surface area contributed by atoms with Gasteiger partial charge in [-0.2, -0.15) is 0 Å². The van der Waals surface area contributed by atoms with Crippen molar-refractivity contribution < 1.29 is 0 Å². The minimum atomic E-state index is 0.444. The van der Waals surface area contributed by atoms with Gasteiger partial charge < -0.3 is 9.38 Å². The summed E-state index contributed by atoms with van der Waals surface area (Å²) >= 11 is 0. The third kappa shape index (κ3) is 3.87. The molecule has 0 amide bonds. The number of piperidine rings is 2. The Hall–Kier alpha value is -2.63. The van der Waals surface area contributed by atoms with Crippen molar-refractivity contribution >= 4 is 16.6 Å². The number of nitrogens with zero attached hydrogens (tertiary/aromatic N) is 4. The summed E-state index contributed by atoms with van der Waals surface area (Å²) in [4.78, 5) is 8.14. The molecule has 2 aliphatic heterocycles. The van der Waals surface area contributed by atoms with Gasteiger partial charge in [-0.15, -0.1) is 0 Å². The SMILES string of the molecule is CC(C)c1c(-c2ccc3nccn3c2)[nH]c2ccc(C3CCN(N4C[CH]CCC4)CC3)cc12. The molecule has 0 saturated carbocycles. The summed E-state index contributed by atoms with van der Waals surface area (Å²) in [6.07, 6.45) is 13.6. The number of fused-ring (bicyclic) bond motifs is 2. The highest BCUT2D eigenvalue weighted by Crippen LogP contribution is 2.38. The highest BCUT2D eigenvalue weighted by atomic mass is 15.6. The van der Waals surface area contributed by atoms with Crippen LogP contribution in [0.15, 0.2) is 48.9 Å². The maximum absolute atomic E-state index is 4.40. The lowest BCUT2D eigenvalue weighted by atomic mass is 9.88. The van der Waals surface area contributed by atoms with Gasteiger partial charge in [0.1, 0.15) is 5.65 Å². The molecule has 5 heteroatoms. The molecule has 1 aromatic carbocycles. The Kier molecular flexibility index (Phi) is 5.47. The number of H-pyrrole nitrogens is 1. The second-order valence-electron chi connectivity index (χ2n) is 10.1. The van der Waals surface area contributed by atoms with Gasteiger partial charge in [-0.1, -0.05) is 19.9 Å². The predicted octanol–water partition coefficient (Wildman–Crippen LogP) is 6.00. The summed E-state index contributed by atoms with van der Waals surface area (Å²) < 4.78 is 2.10. The first kappa shape index (κ1) is 20.9. The van der Waals surface area contributed by atoms with Crippen LogP contribution in [-0.2, 0) is 0 Å². The number of aromatic amines is 1. The van der Waals surface area contributed by atoms with E-state index in [2.05, 4.69) is 81.2 Å². The Balaban J connectivity index is 1.30. The number of aromatic nitrogens is 3. The van der Waals surface area contributed by atoms with Crippen molar-refractivity contribution in [2.24, 2.45) is 0 Å². The average molecular weight is 441 g/mol. The lowest BCUT2D eigenvalue weighted by Gasteiger charge is -2.41. The van der Waals surface area contributed by atoms with E-state index in [1.807, 2.05) is 12.4 Å². The number of hydrazine groups is 1. The van der Waals surface area contributed by atoms with Gasteiger partial charge in [0, 0.05) is 61.2 Å². The largest absolute Gasteiger partial charge is 0.354 e. The Bertz CT molecular complexity index is 1250. The smallest absolute Gasteiger partial charge is 0.136 e. The van der Waals surface area contributed by atoms with Gasteiger partial charge in [0.25, 0.3) is 0 Å². The summed E-state index contributed by atoms with van der Waals surface area (Å²) in [5.74, 6) is 1.10.